The molecule has 6 heteroatoms. The highest BCUT2D eigenvalue weighted by atomic mass is 16.2. The molecular weight excluding hydrogens is 304 g/mol. The van der Waals surface area contributed by atoms with Crippen molar-refractivity contribution in [1.82, 2.24) is 20.1 Å². The minimum atomic E-state index is -0.0661. The van der Waals surface area contributed by atoms with Crippen LogP contribution in [-0.4, -0.2) is 52.9 Å². The summed E-state index contributed by atoms with van der Waals surface area (Å²) < 4.78 is 0. The third-order valence-electron chi connectivity index (χ3n) is 5.00. The highest BCUT2D eigenvalue weighted by Gasteiger charge is 2.29. The van der Waals surface area contributed by atoms with Crippen LogP contribution in [0.3, 0.4) is 0 Å². The highest BCUT2D eigenvalue weighted by molar-refractivity contribution is 5.79. The molecule has 0 bridgehead atoms. The lowest BCUT2D eigenvalue weighted by Gasteiger charge is -2.37. The lowest BCUT2D eigenvalue weighted by Crippen LogP contribution is -2.54. The molecule has 3 amide bonds. The van der Waals surface area contributed by atoms with Crippen LogP contribution in [0.5, 0.6) is 0 Å². The van der Waals surface area contributed by atoms with Crippen molar-refractivity contribution in [2.45, 2.75) is 38.6 Å². The maximum absolute atomic E-state index is 12.5. The van der Waals surface area contributed by atoms with Gasteiger partial charge in [-0.2, -0.15) is 0 Å². The SMILES string of the molecule is O=C(NCc1cccnc1)N1CCN(C(=O)C2CCCCC2)CC1. The standard InChI is InChI=1S/C18H26N4O2/c23-17(16-6-2-1-3-7-16)21-9-11-22(12-10-21)18(24)20-14-15-5-4-8-19-13-15/h4-5,8,13,16H,1-3,6-7,9-12,14H2,(H,20,24). The average molecular weight is 330 g/mol. The second-order valence-corrected chi connectivity index (χ2v) is 6.67. The van der Waals surface area contributed by atoms with Gasteiger partial charge in [-0.05, 0) is 24.5 Å². The van der Waals surface area contributed by atoms with E-state index in [9.17, 15) is 9.59 Å². The Balaban J connectivity index is 1.42. The number of pyridine rings is 1. The largest absolute Gasteiger partial charge is 0.339 e. The van der Waals surface area contributed by atoms with E-state index >= 15 is 0 Å². The number of amides is 3. The predicted molar refractivity (Wildman–Crippen MR) is 91.2 cm³/mol. The van der Waals surface area contributed by atoms with Crippen LogP contribution in [0.1, 0.15) is 37.7 Å². The van der Waals surface area contributed by atoms with Gasteiger partial charge in [0, 0.05) is 51.0 Å². The van der Waals surface area contributed by atoms with Gasteiger partial charge in [0.25, 0.3) is 0 Å². The predicted octanol–water partition coefficient (Wildman–Crippen LogP) is 2.02. The van der Waals surface area contributed by atoms with Crippen LogP contribution in [-0.2, 0) is 11.3 Å². The first-order chi connectivity index (χ1) is 11.7. The molecule has 1 aliphatic carbocycles. The van der Waals surface area contributed by atoms with Gasteiger partial charge in [-0.3, -0.25) is 9.78 Å². The molecule has 0 atom stereocenters. The van der Waals surface area contributed by atoms with Crippen molar-refractivity contribution in [2.24, 2.45) is 5.92 Å². The summed E-state index contributed by atoms with van der Waals surface area (Å²) in [4.78, 5) is 32.6. The third-order valence-corrected chi connectivity index (χ3v) is 5.00. The molecule has 0 aromatic carbocycles. The van der Waals surface area contributed by atoms with E-state index < -0.39 is 0 Å². The molecule has 3 rings (SSSR count). The van der Waals surface area contributed by atoms with Gasteiger partial charge in [0.1, 0.15) is 0 Å². The zero-order chi connectivity index (χ0) is 16.8. The molecule has 2 fully saturated rings. The summed E-state index contributed by atoms with van der Waals surface area (Å²) in [6.45, 7) is 2.99. The number of rotatable bonds is 3. The molecule has 2 heterocycles. The van der Waals surface area contributed by atoms with E-state index in [0.717, 1.165) is 18.4 Å². The Morgan fingerprint density at radius 1 is 1.08 bits per heavy atom. The van der Waals surface area contributed by atoms with Crippen molar-refractivity contribution >= 4 is 11.9 Å². The molecule has 0 unspecified atom stereocenters. The summed E-state index contributed by atoms with van der Waals surface area (Å²) >= 11 is 0. The molecule has 1 saturated carbocycles. The highest BCUT2D eigenvalue weighted by Crippen LogP contribution is 2.25. The number of carbonyl (C=O) groups is 2. The topological polar surface area (TPSA) is 65.5 Å². The normalized spacial score (nSPS) is 19.2. The van der Waals surface area contributed by atoms with Gasteiger partial charge < -0.3 is 15.1 Å². The van der Waals surface area contributed by atoms with Crippen LogP contribution in [0, 0.1) is 5.92 Å². The summed E-state index contributed by atoms with van der Waals surface area (Å²) in [7, 11) is 0. The third kappa shape index (κ3) is 4.24. The van der Waals surface area contributed by atoms with Gasteiger partial charge in [-0.1, -0.05) is 25.3 Å². The summed E-state index contributed by atoms with van der Waals surface area (Å²) in [6.07, 6.45) is 9.14. The number of aromatic nitrogens is 1. The van der Waals surface area contributed by atoms with Gasteiger partial charge in [0.15, 0.2) is 0 Å². The summed E-state index contributed by atoms with van der Waals surface area (Å²) in [5, 5.41) is 2.92. The summed E-state index contributed by atoms with van der Waals surface area (Å²) in [5.41, 5.74) is 0.983. The van der Waals surface area contributed by atoms with Gasteiger partial charge >= 0.3 is 6.03 Å². The Morgan fingerprint density at radius 2 is 1.79 bits per heavy atom. The van der Waals surface area contributed by atoms with Crippen molar-refractivity contribution in [3.63, 3.8) is 0 Å². The summed E-state index contributed by atoms with van der Waals surface area (Å²) in [6, 6.07) is 3.73. The molecule has 0 spiro atoms. The van der Waals surface area contributed by atoms with Crippen molar-refractivity contribution in [3.05, 3.63) is 30.1 Å². The van der Waals surface area contributed by atoms with E-state index in [1.54, 1.807) is 17.3 Å². The lowest BCUT2D eigenvalue weighted by molar-refractivity contribution is -0.138. The first kappa shape index (κ1) is 16.7. The van der Waals surface area contributed by atoms with Gasteiger partial charge in [0.05, 0.1) is 0 Å². The smallest absolute Gasteiger partial charge is 0.317 e. The first-order valence-electron chi connectivity index (χ1n) is 8.94. The first-order valence-corrected chi connectivity index (χ1v) is 8.94. The molecular formula is C18H26N4O2. The monoisotopic (exact) mass is 330 g/mol. The zero-order valence-corrected chi connectivity index (χ0v) is 14.1. The van der Waals surface area contributed by atoms with Crippen LogP contribution >= 0.6 is 0 Å². The summed E-state index contributed by atoms with van der Waals surface area (Å²) in [5.74, 6) is 0.509. The van der Waals surface area contributed by atoms with Crippen molar-refractivity contribution in [3.8, 4) is 0 Å². The number of hydrogen-bond acceptors (Lipinski definition) is 3. The Labute approximate surface area is 143 Å². The molecule has 2 aliphatic rings. The van der Waals surface area contributed by atoms with E-state index in [-0.39, 0.29) is 11.9 Å². The van der Waals surface area contributed by atoms with Crippen LogP contribution < -0.4 is 5.32 Å². The van der Waals surface area contributed by atoms with Gasteiger partial charge in [-0.25, -0.2) is 4.79 Å². The number of nitrogens with zero attached hydrogens (tertiary/aromatic N) is 3. The number of carbonyl (C=O) groups excluding carboxylic acids is 2. The van der Waals surface area contributed by atoms with E-state index in [0.29, 0.717) is 38.6 Å². The maximum Gasteiger partial charge on any atom is 0.317 e. The van der Waals surface area contributed by atoms with Crippen molar-refractivity contribution in [2.75, 3.05) is 26.2 Å². The minimum Gasteiger partial charge on any atom is -0.339 e. The van der Waals surface area contributed by atoms with Crippen molar-refractivity contribution in [1.29, 1.82) is 0 Å². The van der Waals surface area contributed by atoms with E-state index in [1.165, 1.54) is 19.3 Å². The molecule has 24 heavy (non-hydrogen) atoms. The van der Waals surface area contributed by atoms with Gasteiger partial charge in [0.2, 0.25) is 5.91 Å². The fourth-order valence-corrected chi connectivity index (χ4v) is 3.53. The fraction of sp³-hybridized carbons (Fsp3) is 0.611. The Hall–Kier alpha value is -2.11. The van der Waals surface area contributed by atoms with Crippen LogP contribution in [0.4, 0.5) is 4.79 Å². The number of hydrogen-bond donors (Lipinski definition) is 1. The minimum absolute atomic E-state index is 0.0661. The zero-order valence-electron chi connectivity index (χ0n) is 14.1. The molecule has 0 radical (unpaired) electrons. The maximum atomic E-state index is 12.5. The van der Waals surface area contributed by atoms with Crippen LogP contribution in [0.15, 0.2) is 24.5 Å². The van der Waals surface area contributed by atoms with E-state index in [2.05, 4.69) is 10.3 Å². The van der Waals surface area contributed by atoms with E-state index in [1.807, 2.05) is 17.0 Å². The average Bonchev–Trinajstić information content (AvgIpc) is 2.67. The molecule has 1 aromatic rings. The Bertz CT molecular complexity index is 549. The molecule has 1 N–H and O–H groups in total. The molecule has 1 saturated heterocycles. The molecule has 130 valence electrons. The van der Waals surface area contributed by atoms with Gasteiger partial charge in [-0.15, -0.1) is 0 Å². The second-order valence-electron chi connectivity index (χ2n) is 6.67. The quantitative estimate of drug-likeness (QED) is 0.922. The number of piperazine rings is 1. The fourth-order valence-electron chi connectivity index (χ4n) is 3.53. The number of urea groups is 1. The second kappa shape index (κ2) is 8.13. The molecule has 1 aliphatic heterocycles. The Morgan fingerprint density at radius 3 is 2.46 bits per heavy atom. The lowest BCUT2D eigenvalue weighted by atomic mass is 9.88. The Kier molecular flexibility index (Phi) is 5.67. The van der Waals surface area contributed by atoms with E-state index in [4.69, 9.17) is 0 Å². The van der Waals surface area contributed by atoms with Crippen molar-refractivity contribution < 1.29 is 9.59 Å². The van der Waals surface area contributed by atoms with Crippen LogP contribution in [0.2, 0.25) is 0 Å². The number of nitrogens with one attached hydrogen (secondary N) is 1. The molecule has 6 nitrogen and oxygen atoms in total. The molecule has 1 aromatic heterocycles. The van der Waals surface area contributed by atoms with Crippen LogP contribution in [0.25, 0.3) is 0 Å².